The van der Waals surface area contributed by atoms with E-state index >= 15 is 0 Å². The van der Waals surface area contributed by atoms with Crippen LogP contribution in [0.15, 0.2) is 78.9 Å². The summed E-state index contributed by atoms with van der Waals surface area (Å²) in [4.78, 5) is 55.6. The van der Waals surface area contributed by atoms with Crippen LogP contribution in [-0.4, -0.2) is 59.2 Å². The fourth-order valence-corrected chi connectivity index (χ4v) is 4.88. The van der Waals surface area contributed by atoms with Crippen LogP contribution in [0.5, 0.6) is 5.75 Å². The van der Waals surface area contributed by atoms with E-state index in [2.05, 4.69) is 5.32 Å². The number of rotatable bonds is 12. The Hall–Kier alpha value is -4.46. The fourth-order valence-electron chi connectivity index (χ4n) is 4.88. The number of imide groups is 1. The zero-order chi connectivity index (χ0) is 28.6. The lowest BCUT2D eigenvalue weighted by atomic mass is 10.0. The predicted molar refractivity (Wildman–Crippen MR) is 152 cm³/mol. The molecule has 40 heavy (non-hydrogen) atoms. The molecule has 1 N–H and O–H groups in total. The van der Waals surface area contributed by atoms with E-state index in [0.717, 1.165) is 11.1 Å². The van der Waals surface area contributed by atoms with Crippen LogP contribution in [0.4, 0.5) is 0 Å². The molecule has 0 saturated carbocycles. The number of fused-ring (bicyclic) bond motifs is 1. The van der Waals surface area contributed by atoms with E-state index in [4.69, 9.17) is 4.74 Å². The van der Waals surface area contributed by atoms with Gasteiger partial charge in [0.1, 0.15) is 11.8 Å². The summed E-state index contributed by atoms with van der Waals surface area (Å²) in [6, 6.07) is 22.9. The molecular formula is C32H35N3O5. The third-order valence-electron chi connectivity index (χ3n) is 6.84. The highest BCUT2D eigenvalue weighted by Crippen LogP contribution is 2.24. The molecule has 8 nitrogen and oxygen atoms in total. The van der Waals surface area contributed by atoms with Gasteiger partial charge in [-0.05, 0) is 55.7 Å². The molecule has 0 spiro atoms. The van der Waals surface area contributed by atoms with Crippen LogP contribution in [0.2, 0.25) is 0 Å². The summed E-state index contributed by atoms with van der Waals surface area (Å²) in [6.07, 6.45) is 0.688. The van der Waals surface area contributed by atoms with Crippen LogP contribution >= 0.6 is 0 Å². The zero-order valence-electron chi connectivity index (χ0n) is 23.1. The van der Waals surface area contributed by atoms with E-state index in [1.807, 2.05) is 68.4 Å². The van der Waals surface area contributed by atoms with Gasteiger partial charge in [0.25, 0.3) is 11.8 Å². The summed E-state index contributed by atoms with van der Waals surface area (Å²) in [5.41, 5.74) is 2.52. The number of hydrogen-bond donors (Lipinski definition) is 1. The zero-order valence-corrected chi connectivity index (χ0v) is 23.1. The maximum atomic E-state index is 13.8. The van der Waals surface area contributed by atoms with Crippen LogP contribution in [-0.2, 0) is 22.6 Å². The molecule has 8 heteroatoms. The first kappa shape index (κ1) is 28.5. The molecule has 0 saturated heterocycles. The van der Waals surface area contributed by atoms with Crippen molar-refractivity contribution in [2.45, 2.75) is 51.7 Å². The van der Waals surface area contributed by atoms with Crippen LogP contribution in [0.3, 0.4) is 0 Å². The summed E-state index contributed by atoms with van der Waals surface area (Å²) in [6.45, 7) is 4.08. The van der Waals surface area contributed by atoms with Gasteiger partial charge in [-0.15, -0.1) is 0 Å². The Labute approximate surface area is 234 Å². The smallest absolute Gasteiger partial charge is 0.261 e. The Bertz CT molecular complexity index is 1340. The van der Waals surface area contributed by atoms with E-state index in [1.54, 1.807) is 36.3 Å². The average Bonchev–Trinajstić information content (AvgIpc) is 3.20. The van der Waals surface area contributed by atoms with Crippen molar-refractivity contribution < 1.29 is 23.9 Å². The molecule has 0 aromatic heterocycles. The van der Waals surface area contributed by atoms with Gasteiger partial charge in [-0.1, -0.05) is 54.6 Å². The van der Waals surface area contributed by atoms with Gasteiger partial charge in [-0.2, -0.15) is 0 Å². The quantitative estimate of drug-likeness (QED) is 0.346. The van der Waals surface area contributed by atoms with Crippen molar-refractivity contribution in [2.24, 2.45) is 0 Å². The minimum absolute atomic E-state index is 0.0671. The highest BCUT2D eigenvalue weighted by Gasteiger charge is 2.35. The van der Waals surface area contributed by atoms with E-state index in [-0.39, 0.29) is 55.6 Å². The number of nitrogens with one attached hydrogen (secondary N) is 1. The first-order valence-electron chi connectivity index (χ1n) is 13.5. The van der Waals surface area contributed by atoms with E-state index in [9.17, 15) is 19.2 Å². The average molecular weight is 542 g/mol. The van der Waals surface area contributed by atoms with Crippen molar-refractivity contribution in [2.75, 3.05) is 13.7 Å². The van der Waals surface area contributed by atoms with Gasteiger partial charge in [-0.25, -0.2) is 0 Å². The van der Waals surface area contributed by atoms with Crippen LogP contribution in [0.25, 0.3) is 0 Å². The largest absolute Gasteiger partial charge is 0.497 e. The van der Waals surface area contributed by atoms with Gasteiger partial charge in [0.15, 0.2) is 0 Å². The summed E-state index contributed by atoms with van der Waals surface area (Å²) in [7, 11) is 1.58. The number of methoxy groups -OCH3 is 1. The monoisotopic (exact) mass is 541 g/mol. The molecule has 0 radical (unpaired) electrons. The number of benzene rings is 3. The van der Waals surface area contributed by atoms with Crippen LogP contribution in [0.1, 0.15) is 58.5 Å². The molecule has 1 atom stereocenters. The number of carbonyl (C=O) groups excluding carboxylic acids is 4. The Morgan fingerprint density at radius 1 is 0.875 bits per heavy atom. The number of nitrogens with zero attached hydrogens (tertiary/aromatic N) is 2. The van der Waals surface area contributed by atoms with Crippen molar-refractivity contribution in [1.29, 1.82) is 0 Å². The molecule has 0 unspecified atom stereocenters. The lowest BCUT2D eigenvalue weighted by Gasteiger charge is -2.32. The van der Waals surface area contributed by atoms with E-state index < -0.39 is 6.04 Å². The van der Waals surface area contributed by atoms with E-state index in [0.29, 0.717) is 23.3 Å². The lowest BCUT2D eigenvalue weighted by Crippen LogP contribution is -2.51. The second-order valence-corrected chi connectivity index (χ2v) is 10.2. The highest BCUT2D eigenvalue weighted by molar-refractivity contribution is 6.21. The molecule has 1 aliphatic rings. The second kappa shape index (κ2) is 13.1. The fraction of sp³-hybridized carbons (Fsp3) is 0.312. The lowest BCUT2D eigenvalue weighted by molar-refractivity contribution is -0.141. The van der Waals surface area contributed by atoms with Crippen LogP contribution < -0.4 is 10.1 Å². The normalized spacial score (nSPS) is 13.2. The Kier molecular flexibility index (Phi) is 9.32. The Morgan fingerprint density at radius 2 is 1.50 bits per heavy atom. The van der Waals surface area contributed by atoms with Gasteiger partial charge in [0.2, 0.25) is 11.8 Å². The maximum absolute atomic E-state index is 13.8. The molecule has 4 rings (SSSR count). The Morgan fingerprint density at radius 3 is 2.12 bits per heavy atom. The number of ether oxygens (including phenoxy) is 1. The van der Waals surface area contributed by atoms with Crippen molar-refractivity contribution in [1.82, 2.24) is 15.1 Å². The maximum Gasteiger partial charge on any atom is 0.261 e. The van der Waals surface area contributed by atoms with Gasteiger partial charge in [0, 0.05) is 32.0 Å². The molecule has 1 heterocycles. The molecule has 4 amide bonds. The number of amides is 4. The van der Waals surface area contributed by atoms with E-state index in [1.165, 1.54) is 4.90 Å². The molecule has 0 aliphatic carbocycles. The number of carbonyl (C=O) groups is 4. The first-order valence-corrected chi connectivity index (χ1v) is 13.5. The molecule has 0 fully saturated rings. The molecular weight excluding hydrogens is 506 g/mol. The van der Waals surface area contributed by atoms with Gasteiger partial charge in [0.05, 0.1) is 18.2 Å². The minimum Gasteiger partial charge on any atom is -0.497 e. The van der Waals surface area contributed by atoms with Gasteiger partial charge >= 0.3 is 0 Å². The first-order chi connectivity index (χ1) is 19.3. The molecule has 3 aromatic rings. The predicted octanol–water partition coefficient (Wildman–Crippen LogP) is 4.24. The van der Waals surface area contributed by atoms with Crippen LogP contribution in [0, 0.1) is 0 Å². The van der Waals surface area contributed by atoms with Crippen molar-refractivity contribution in [3.63, 3.8) is 0 Å². The molecule has 1 aliphatic heterocycles. The van der Waals surface area contributed by atoms with Crippen molar-refractivity contribution >= 4 is 23.6 Å². The van der Waals surface area contributed by atoms with Gasteiger partial charge in [-0.3, -0.25) is 24.1 Å². The SMILES string of the molecule is COc1cccc(CN(C(=O)CCCN2C(=O)c3ccccc3C2=O)[C@H](Cc2ccccc2)C(=O)NC(C)C)c1. The minimum atomic E-state index is -0.761. The summed E-state index contributed by atoms with van der Waals surface area (Å²) in [5.74, 6) is -0.518. The van der Waals surface area contributed by atoms with Crippen molar-refractivity contribution in [3.05, 3.63) is 101 Å². The second-order valence-electron chi connectivity index (χ2n) is 10.2. The standard InChI is InChI=1S/C32H35N3O5/c1-22(2)33-30(37)28(20-23-11-5-4-6-12-23)35(21-24-13-9-14-25(19-24)40-3)29(36)17-10-18-34-31(38)26-15-7-8-16-27(26)32(34)39/h4-9,11-16,19,22,28H,10,17-18,20-21H2,1-3H3,(H,33,37)/t28-/m1/s1. The third kappa shape index (κ3) is 6.75. The topological polar surface area (TPSA) is 96.0 Å². The highest BCUT2D eigenvalue weighted by atomic mass is 16.5. The third-order valence-corrected chi connectivity index (χ3v) is 6.84. The van der Waals surface area contributed by atoms with Crippen molar-refractivity contribution in [3.8, 4) is 5.75 Å². The summed E-state index contributed by atoms with van der Waals surface area (Å²) >= 11 is 0. The molecule has 0 bridgehead atoms. The van der Waals surface area contributed by atoms with Gasteiger partial charge < -0.3 is 15.0 Å². The number of hydrogen-bond acceptors (Lipinski definition) is 5. The summed E-state index contributed by atoms with van der Waals surface area (Å²) < 4.78 is 5.37. The molecule has 208 valence electrons. The molecule has 3 aromatic carbocycles. The summed E-state index contributed by atoms with van der Waals surface area (Å²) in [5, 5.41) is 2.97. The Balaban J connectivity index is 1.55.